The number of nitrogens with one attached hydrogen (secondary N) is 1. The van der Waals surface area contributed by atoms with Crippen molar-refractivity contribution in [3.05, 3.63) is 53.3 Å². The van der Waals surface area contributed by atoms with E-state index in [4.69, 9.17) is 11.6 Å². The van der Waals surface area contributed by atoms with Crippen molar-refractivity contribution in [1.29, 1.82) is 0 Å². The van der Waals surface area contributed by atoms with Crippen molar-refractivity contribution in [2.45, 2.75) is 46.3 Å². The summed E-state index contributed by atoms with van der Waals surface area (Å²) in [5, 5.41) is 15.0. The van der Waals surface area contributed by atoms with Crippen LogP contribution < -0.4 is 5.32 Å². The van der Waals surface area contributed by atoms with Crippen LogP contribution in [0.1, 0.15) is 33.3 Å². The van der Waals surface area contributed by atoms with Crippen LogP contribution in [0, 0.1) is 0 Å². The van der Waals surface area contributed by atoms with Crippen molar-refractivity contribution >= 4 is 34.0 Å². The SMILES string of the molecule is CC(C)N(Cc1cc(Nc2ncnc3ccccc23)cc(Cl)c1O)C(C)C. The standard InChI is InChI=1S/C21H25ClN4O/c1-13(2)26(14(3)4)11-15-9-16(10-18(22)20(15)27)25-21-17-7-5-6-8-19(17)23-12-24-21/h5-10,12-14,27H,11H2,1-4H3,(H,23,24,25). The van der Waals surface area contributed by atoms with Gasteiger partial charge in [0.1, 0.15) is 17.9 Å². The van der Waals surface area contributed by atoms with E-state index < -0.39 is 0 Å². The summed E-state index contributed by atoms with van der Waals surface area (Å²) in [6.45, 7) is 9.20. The van der Waals surface area contributed by atoms with Gasteiger partial charge in [0.15, 0.2) is 0 Å². The quantitative estimate of drug-likeness (QED) is 0.561. The van der Waals surface area contributed by atoms with Gasteiger partial charge in [0.05, 0.1) is 10.5 Å². The second-order valence-corrected chi connectivity index (χ2v) is 7.60. The van der Waals surface area contributed by atoms with E-state index in [1.807, 2.05) is 30.3 Å². The number of rotatable bonds is 6. The van der Waals surface area contributed by atoms with E-state index in [1.165, 1.54) is 6.33 Å². The Hall–Kier alpha value is -2.37. The minimum Gasteiger partial charge on any atom is -0.506 e. The Morgan fingerprint density at radius 1 is 1.07 bits per heavy atom. The lowest BCUT2D eigenvalue weighted by Gasteiger charge is -2.31. The Labute approximate surface area is 165 Å². The van der Waals surface area contributed by atoms with E-state index in [1.54, 1.807) is 6.07 Å². The third-order valence-electron chi connectivity index (χ3n) is 4.63. The molecule has 0 aliphatic heterocycles. The van der Waals surface area contributed by atoms with Crippen LogP contribution in [0.4, 0.5) is 11.5 Å². The van der Waals surface area contributed by atoms with Crippen LogP contribution in [0.25, 0.3) is 10.9 Å². The molecule has 0 aliphatic carbocycles. The van der Waals surface area contributed by atoms with Crippen LogP contribution in [0.3, 0.4) is 0 Å². The zero-order valence-electron chi connectivity index (χ0n) is 16.1. The van der Waals surface area contributed by atoms with E-state index in [0.29, 0.717) is 29.5 Å². The second kappa shape index (κ2) is 8.11. The molecule has 0 radical (unpaired) electrons. The summed E-state index contributed by atoms with van der Waals surface area (Å²) >= 11 is 6.30. The van der Waals surface area contributed by atoms with E-state index in [9.17, 15) is 5.11 Å². The van der Waals surface area contributed by atoms with E-state index in [-0.39, 0.29) is 5.75 Å². The molecular weight excluding hydrogens is 360 g/mol. The minimum absolute atomic E-state index is 0.126. The molecule has 27 heavy (non-hydrogen) atoms. The predicted octanol–water partition coefficient (Wildman–Crippen LogP) is 5.35. The number of nitrogens with zero attached hydrogens (tertiary/aromatic N) is 3. The molecule has 0 fully saturated rings. The molecule has 3 aromatic rings. The average Bonchev–Trinajstić information content (AvgIpc) is 2.63. The minimum atomic E-state index is 0.126. The third kappa shape index (κ3) is 4.31. The Morgan fingerprint density at radius 2 is 1.78 bits per heavy atom. The number of hydrogen-bond donors (Lipinski definition) is 2. The van der Waals surface area contributed by atoms with Crippen LogP contribution in [-0.2, 0) is 6.54 Å². The number of phenolic OH excluding ortho intramolecular Hbond substituents is 1. The van der Waals surface area contributed by atoms with Crippen molar-refractivity contribution < 1.29 is 5.11 Å². The second-order valence-electron chi connectivity index (χ2n) is 7.19. The highest BCUT2D eigenvalue weighted by molar-refractivity contribution is 6.32. The van der Waals surface area contributed by atoms with Gasteiger partial charge in [0, 0.05) is 35.3 Å². The number of para-hydroxylation sites is 1. The number of aromatic nitrogens is 2. The Morgan fingerprint density at radius 3 is 2.48 bits per heavy atom. The molecule has 1 aromatic heterocycles. The van der Waals surface area contributed by atoms with Crippen molar-refractivity contribution in [3.8, 4) is 5.75 Å². The normalized spacial score (nSPS) is 11.7. The first-order valence-corrected chi connectivity index (χ1v) is 9.48. The fraction of sp³-hybridized carbons (Fsp3) is 0.333. The lowest BCUT2D eigenvalue weighted by atomic mass is 10.1. The molecule has 2 aromatic carbocycles. The van der Waals surface area contributed by atoms with Crippen molar-refractivity contribution in [2.24, 2.45) is 0 Å². The fourth-order valence-corrected chi connectivity index (χ4v) is 3.49. The molecule has 1 heterocycles. The van der Waals surface area contributed by atoms with Crippen LogP contribution in [0.15, 0.2) is 42.7 Å². The van der Waals surface area contributed by atoms with Crippen LogP contribution in [0.5, 0.6) is 5.75 Å². The molecule has 0 unspecified atom stereocenters. The molecule has 0 amide bonds. The van der Waals surface area contributed by atoms with Gasteiger partial charge in [-0.15, -0.1) is 0 Å². The van der Waals surface area contributed by atoms with E-state index >= 15 is 0 Å². The van der Waals surface area contributed by atoms with Crippen LogP contribution in [-0.4, -0.2) is 32.1 Å². The summed E-state index contributed by atoms with van der Waals surface area (Å²) in [5.74, 6) is 0.832. The number of halogens is 1. The molecule has 6 heteroatoms. The molecule has 5 nitrogen and oxygen atoms in total. The molecule has 2 N–H and O–H groups in total. The zero-order chi connectivity index (χ0) is 19.6. The van der Waals surface area contributed by atoms with Gasteiger partial charge in [-0.25, -0.2) is 9.97 Å². The molecule has 0 spiro atoms. The Kier molecular flexibility index (Phi) is 5.82. The van der Waals surface area contributed by atoms with Gasteiger partial charge in [0.25, 0.3) is 0 Å². The predicted molar refractivity (Wildman–Crippen MR) is 112 cm³/mol. The zero-order valence-corrected chi connectivity index (χ0v) is 16.8. The third-order valence-corrected chi connectivity index (χ3v) is 4.92. The molecule has 0 atom stereocenters. The largest absolute Gasteiger partial charge is 0.506 e. The van der Waals surface area contributed by atoms with E-state index in [2.05, 4.69) is 47.9 Å². The maximum Gasteiger partial charge on any atom is 0.141 e. The summed E-state index contributed by atoms with van der Waals surface area (Å²) in [4.78, 5) is 11.0. The Balaban J connectivity index is 1.96. The number of phenols is 1. The number of aromatic hydroxyl groups is 1. The van der Waals surface area contributed by atoms with Crippen LogP contribution >= 0.6 is 11.6 Å². The first-order valence-electron chi connectivity index (χ1n) is 9.10. The molecule has 142 valence electrons. The molecule has 0 bridgehead atoms. The van der Waals surface area contributed by atoms with Gasteiger partial charge < -0.3 is 10.4 Å². The molecule has 3 rings (SSSR count). The highest BCUT2D eigenvalue weighted by Crippen LogP contribution is 2.34. The summed E-state index contributed by atoms with van der Waals surface area (Å²) in [5.41, 5.74) is 2.43. The van der Waals surface area contributed by atoms with Crippen molar-refractivity contribution in [1.82, 2.24) is 14.9 Å². The summed E-state index contributed by atoms with van der Waals surface area (Å²) in [7, 11) is 0. The molecule has 0 saturated carbocycles. The Bertz CT molecular complexity index is 929. The van der Waals surface area contributed by atoms with Crippen molar-refractivity contribution in [3.63, 3.8) is 0 Å². The van der Waals surface area contributed by atoms with Gasteiger partial charge >= 0.3 is 0 Å². The maximum atomic E-state index is 10.5. The smallest absolute Gasteiger partial charge is 0.141 e. The average molecular weight is 385 g/mol. The van der Waals surface area contributed by atoms with Gasteiger partial charge in [-0.2, -0.15) is 0 Å². The maximum absolute atomic E-state index is 10.5. The van der Waals surface area contributed by atoms with E-state index in [0.717, 1.165) is 22.2 Å². The molecule has 0 aliphatic rings. The van der Waals surface area contributed by atoms with Gasteiger partial charge in [0.2, 0.25) is 0 Å². The summed E-state index contributed by atoms with van der Waals surface area (Å²) < 4.78 is 0. The lowest BCUT2D eigenvalue weighted by molar-refractivity contribution is 0.164. The topological polar surface area (TPSA) is 61.3 Å². The number of fused-ring (bicyclic) bond motifs is 1. The first kappa shape index (κ1) is 19.4. The summed E-state index contributed by atoms with van der Waals surface area (Å²) in [6.07, 6.45) is 1.53. The highest BCUT2D eigenvalue weighted by Gasteiger charge is 2.18. The number of hydrogen-bond acceptors (Lipinski definition) is 5. The van der Waals surface area contributed by atoms with Crippen molar-refractivity contribution in [2.75, 3.05) is 5.32 Å². The number of benzene rings is 2. The van der Waals surface area contributed by atoms with Crippen LogP contribution in [0.2, 0.25) is 5.02 Å². The fourth-order valence-electron chi connectivity index (χ4n) is 3.25. The first-order chi connectivity index (χ1) is 12.9. The molecule has 0 saturated heterocycles. The monoisotopic (exact) mass is 384 g/mol. The number of anilines is 2. The molecular formula is C21H25ClN4O. The highest BCUT2D eigenvalue weighted by atomic mass is 35.5. The van der Waals surface area contributed by atoms with Gasteiger partial charge in [-0.3, -0.25) is 4.90 Å². The lowest BCUT2D eigenvalue weighted by Crippen LogP contribution is -2.36. The van der Waals surface area contributed by atoms with Gasteiger partial charge in [-0.1, -0.05) is 23.7 Å². The summed E-state index contributed by atoms with van der Waals surface area (Å²) in [6, 6.07) is 12.2. The van der Waals surface area contributed by atoms with Gasteiger partial charge in [-0.05, 0) is 52.0 Å².